The van der Waals surface area contributed by atoms with Crippen LogP contribution in [0.25, 0.3) is 11.4 Å². The number of sulfonamides is 1. The standard InChI is InChI=1S/C23H26N4O4S/c1-17-7-6-8-19(15-17)22-24-21(31-25-22)16-26(2)23(28)18-11-13-27(14-12-18)32(29,30)20-9-4-3-5-10-20/h3-10,15,18H,11-14,16H2,1-2H3. The van der Waals surface area contributed by atoms with Crippen LogP contribution in [-0.2, 0) is 21.4 Å². The molecule has 168 valence electrons. The molecule has 32 heavy (non-hydrogen) atoms. The van der Waals surface area contributed by atoms with Crippen molar-refractivity contribution in [3.8, 4) is 11.4 Å². The van der Waals surface area contributed by atoms with Gasteiger partial charge in [-0.15, -0.1) is 0 Å². The van der Waals surface area contributed by atoms with Gasteiger partial charge in [0.2, 0.25) is 27.6 Å². The normalized spacial score (nSPS) is 15.6. The van der Waals surface area contributed by atoms with Crippen molar-refractivity contribution in [2.24, 2.45) is 5.92 Å². The van der Waals surface area contributed by atoms with Crippen LogP contribution >= 0.6 is 0 Å². The fraction of sp³-hybridized carbons (Fsp3) is 0.348. The zero-order chi connectivity index (χ0) is 22.7. The van der Waals surface area contributed by atoms with E-state index < -0.39 is 10.0 Å². The lowest BCUT2D eigenvalue weighted by molar-refractivity contribution is -0.136. The van der Waals surface area contributed by atoms with Crippen molar-refractivity contribution in [3.05, 3.63) is 66.1 Å². The van der Waals surface area contributed by atoms with Crippen LogP contribution in [0.3, 0.4) is 0 Å². The molecule has 0 N–H and O–H groups in total. The van der Waals surface area contributed by atoms with Gasteiger partial charge in [-0.25, -0.2) is 8.42 Å². The highest BCUT2D eigenvalue weighted by Gasteiger charge is 2.33. The Hall–Kier alpha value is -3.04. The predicted molar refractivity (Wildman–Crippen MR) is 119 cm³/mol. The van der Waals surface area contributed by atoms with Gasteiger partial charge in [0.1, 0.15) is 0 Å². The van der Waals surface area contributed by atoms with Crippen molar-refractivity contribution in [2.75, 3.05) is 20.1 Å². The van der Waals surface area contributed by atoms with E-state index in [1.807, 2.05) is 31.2 Å². The zero-order valence-corrected chi connectivity index (χ0v) is 19.0. The van der Waals surface area contributed by atoms with E-state index in [1.54, 1.807) is 42.3 Å². The predicted octanol–water partition coefficient (Wildman–Crippen LogP) is 3.10. The summed E-state index contributed by atoms with van der Waals surface area (Å²) >= 11 is 0. The van der Waals surface area contributed by atoms with Gasteiger partial charge in [-0.1, -0.05) is 47.1 Å². The number of hydrogen-bond acceptors (Lipinski definition) is 6. The molecule has 8 nitrogen and oxygen atoms in total. The lowest BCUT2D eigenvalue weighted by Gasteiger charge is -2.32. The minimum absolute atomic E-state index is 0.0444. The molecule has 0 aliphatic carbocycles. The minimum atomic E-state index is -3.53. The molecule has 1 aromatic heterocycles. The van der Waals surface area contributed by atoms with E-state index in [2.05, 4.69) is 10.1 Å². The second kappa shape index (κ2) is 9.22. The van der Waals surface area contributed by atoms with Crippen LogP contribution in [0, 0.1) is 12.8 Å². The molecular formula is C23H26N4O4S. The third-order valence-corrected chi connectivity index (χ3v) is 7.59. The Morgan fingerprint density at radius 2 is 1.84 bits per heavy atom. The Morgan fingerprint density at radius 3 is 2.53 bits per heavy atom. The molecule has 1 aliphatic rings. The number of nitrogens with zero attached hydrogens (tertiary/aromatic N) is 4. The van der Waals surface area contributed by atoms with Crippen LogP contribution < -0.4 is 0 Å². The summed E-state index contributed by atoms with van der Waals surface area (Å²) in [6.45, 7) is 2.84. The monoisotopic (exact) mass is 454 g/mol. The molecule has 0 saturated carbocycles. The Kier molecular flexibility index (Phi) is 6.38. The summed E-state index contributed by atoms with van der Waals surface area (Å²) in [7, 11) is -1.83. The quantitative estimate of drug-likeness (QED) is 0.568. The van der Waals surface area contributed by atoms with Crippen molar-refractivity contribution < 1.29 is 17.7 Å². The fourth-order valence-electron chi connectivity index (χ4n) is 3.90. The molecule has 3 aromatic rings. The van der Waals surface area contributed by atoms with E-state index in [-0.39, 0.29) is 23.3 Å². The highest BCUT2D eigenvalue weighted by molar-refractivity contribution is 7.89. The second-order valence-corrected chi connectivity index (χ2v) is 10.0. The summed E-state index contributed by atoms with van der Waals surface area (Å²) in [5.74, 6) is 0.573. The van der Waals surface area contributed by atoms with Crippen LogP contribution in [0.1, 0.15) is 24.3 Å². The first-order chi connectivity index (χ1) is 15.3. The topological polar surface area (TPSA) is 96.6 Å². The number of aromatic nitrogens is 2. The Bertz CT molecular complexity index is 1190. The van der Waals surface area contributed by atoms with Gasteiger partial charge in [-0.3, -0.25) is 4.79 Å². The SMILES string of the molecule is Cc1cccc(-c2noc(CN(C)C(=O)C3CCN(S(=O)(=O)c4ccccc4)CC3)n2)c1. The van der Waals surface area contributed by atoms with E-state index in [0.717, 1.165) is 11.1 Å². The van der Waals surface area contributed by atoms with E-state index in [1.165, 1.54) is 4.31 Å². The Balaban J connectivity index is 1.35. The molecule has 0 atom stereocenters. The lowest BCUT2D eigenvalue weighted by atomic mass is 9.97. The van der Waals surface area contributed by atoms with Crippen molar-refractivity contribution in [1.82, 2.24) is 19.3 Å². The van der Waals surface area contributed by atoms with Crippen LogP contribution in [-0.4, -0.2) is 53.8 Å². The van der Waals surface area contributed by atoms with E-state index >= 15 is 0 Å². The average molecular weight is 455 g/mol. The lowest BCUT2D eigenvalue weighted by Crippen LogP contribution is -2.43. The number of benzene rings is 2. The van der Waals surface area contributed by atoms with Crippen LogP contribution in [0.15, 0.2) is 64.0 Å². The van der Waals surface area contributed by atoms with Gasteiger partial charge in [0.25, 0.3) is 0 Å². The summed E-state index contributed by atoms with van der Waals surface area (Å²) < 4.78 is 32.4. The maximum absolute atomic E-state index is 12.9. The number of rotatable bonds is 6. The van der Waals surface area contributed by atoms with Gasteiger partial charge in [0, 0.05) is 31.6 Å². The summed E-state index contributed by atoms with van der Waals surface area (Å²) in [5.41, 5.74) is 1.96. The van der Waals surface area contributed by atoms with Gasteiger partial charge >= 0.3 is 0 Å². The summed E-state index contributed by atoms with van der Waals surface area (Å²) in [6, 6.07) is 16.2. The molecule has 0 radical (unpaired) electrons. The first-order valence-electron chi connectivity index (χ1n) is 10.5. The molecule has 1 fully saturated rings. The van der Waals surface area contributed by atoms with Crippen LogP contribution in [0.4, 0.5) is 0 Å². The molecule has 9 heteroatoms. The number of piperidine rings is 1. The third kappa shape index (κ3) is 4.73. The molecule has 0 unspecified atom stereocenters. The van der Waals surface area contributed by atoms with Crippen molar-refractivity contribution in [1.29, 1.82) is 0 Å². The first kappa shape index (κ1) is 22.2. The number of amides is 1. The maximum atomic E-state index is 12.9. The molecular weight excluding hydrogens is 428 g/mol. The number of carbonyl (C=O) groups excluding carboxylic acids is 1. The molecule has 2 aromatic carbocycles. The van der Waals surface area contributed by atoms with Crippen LogP contribution in [0.5, 0.6) is 0 Å². The molecule has 0 bridgehead atoms. The van der Waals surface area contributed by atoms with E-state index in [0.29, 0.717) is 37.6 Å². The molecule has 0 spiro atoms. The van der Waals surface area contributed by atoms with Gasteiger partial charge in [0.15, 0.2) is 0 Å². The highest BCUT2D eigenvalue weighted by atomic mass is 32.2. The zero-order valence-electron chi connectivity index (χ0n) is 18.1. The third-order valence-electron chi connectivity index (χ3n) is 5.68. The second-order valence-electron chi connectivity index (χ2n) is 8.07. The molecule has 2 heterocycles. The maximum Gasteiger partial charge on any atom is 0.246 e. The molecule has 1 saturated heterocycles. The van der Waals surface area contributed by atoms with E-state index in [4.69, 9.17) is 4.52 Å². The van der Waals surface area contributed by atoms with E-state index in [9.17, 15) is 13.2 Å². The molecule has 1 amide bonds. The van der Waals surface area contributed by atoms with Gasteiger partial charge in [-0.2, -0.15) is 9.29 Å². The highest BCUT2D eigenvalue weighted by Crippen LogP contribution is 2.25. The molecule has 4 rings (SSSR count). The summed E-state index contributed by atoms with van der Waals surface area (Å²) in [5, 5.41) is 4.02. The summed E-state index contributed by atoms with van der Waals surface area (Å²) in [4.78, 5) is 19.2. The van der Waals surface area contributed by atoms with Crippen molar-refractivity contribution >= 4 is 15.9 Å². The number of hydrogen-bond donors (Lipinski definition) is 0. The van der Waals surface area contributed by atoms with Gasteiger partial charge in [-0.05, 0) is 38.0 Å². The Morgan fingerprint density at radius 1 is 1.12 bits per heavy atom. The minimum Gasteiger partial charge on any atom is -0.337 e. The smallest absolute Gasteiger partial charge is 0.246 e. The number of carbonyl (C=O) groups is 1. The largest absolute Gasteiger partial charge is 0.337 e. The average Bonchev–Trinajstić information content (AvgIpc) is 3.28. The van der Waals surface area contributed by atoms with Crippen molar-refractivity contribution in [3.63, 3.8) is 0 Å². The van der Waals surface area contributed by atoms with Crippen molar-refractivity contribution in [2.45, 2.75) is 31.2 Å². The van der Waals surface area contributed by atoms with Gasteiger partial charge < -0.3 is 9.42 Å². The number of aryl methyl sites for hydroxylation is 1. The van der Waals surface area contributed by atoms with Gasteiger partial charge in [0.05, 0.1) is 11.4 Å². The van der Waals surface area contributed by atoms with Crippen LogP contribution in [0.2, 0.25) is 0 Å². The molecule has 1 aliphatic heterocycles. The first-order valence-corrected chi connectivity index (χ1v) is 12.0. The summed E-state index contributed by atoms with van der Waals surface area (Å²) in [6.07, 6.45) is 0.960. The Labute approximate surface area is 187 Å². The fourth-order valence-corrected chi connectivity index (χ4v) is 5.39.